The summed E-state index contributed by atoms with van der Waals surface area (Å²) in [6, 6.07) is 10.5. The fourth-order valence-electron chi connectivity index (χ4n) is 1.30. The Labute approximate surface area is 93.1 Å². The molecule has 1 aromatic carbocycles. The standard InChI is InChI=1S/C13H18.CHN/c1-2-3-4-5-7-10-13-11-8-6-9-12-13;1-2/h6-12H,2-5H2,1H3;1H. The van der Waals surface area contributed by atoms with E-state index < -0.39 is 0 Å². The highest BCUT2D eigenvalue weighted by molar-refractivity contribution is 5.48. The van der Waals surface area contributed by atoms with E-state index in [9.17, 15) is 0 Å². The minimum atomic E-state index is 1.21. The van der Waals surface area contributed by atoms with Crippen LogP contribution in [0.15, 0.2) is 36.4 Å². The molecule has 0 aromatic heterocycles. The molecule has 1 rings (SSSR count). The quantitative estimate of drug-likeness (QED) is 0.647. The van der Waals surface area contributed by atoms with Gasteiger partial charge in [-0.2, -0.15) is 0 Å². The van der Waals surface area contributed by atoms with Crippen molar-refractivity contribution in [3.05, 3.63) is 42.0 Å². The van der Waals surface area contributed by atoms with Crippen molar-refractivity contribution in [3.63, 3.8) is 0 Å². The number of rotatable bonds is 5. The Hall–Kier alpha value is -1.55. The molecular formula is C14H19N. The van der Waals surface area contributed by atoms with Crippen molar-refractivity contribution in [2.45, 2.75) is 32.6 Å². The topological polar surface area (TPSA) is 23.8 Å². The second-order valence-corrected chi connectivity index (χ2v) is 3.31. The molecule has 15 heavy (non-hydrogen) atoms. The number of unbranched alkanes of at least 4 members (excludes halogenated alkanes) is 3. The number of benzene rings is 1. The molecule has 0 heterocycles. The van der Waals surface area contributed by atoms with E-state index in [2.05, 4.69) is 56.0 Å². The fraction of sp³-hybridized carbons (Fsp3) is 0.357. The smallest absolute Gasteiger partial charge is 0.0462 e. The van der Waals surface area contributed by atoms with Crippen LogP contribution in [-0.2, 0) is 0 Å². The van der Waals surface area contributed by atoms with Gasteiger partial charge in [-0.1, -0.05) is 62.2 Å². The zero-order chi connectivity index (χ0) is 11.4. The van der Waals surface area contributed by atoms with Crippen LogP contribution in [-0.4, -0.2) is 0 Å². The van der Waals surface area contributed by atoms with Crippen molar-refractivity contribution in [2.24, 2.45) is 0 Å². The van der Waals surface area contributed by atoms with Crippen LogP contribution in [0.4, 0.5) is 0 Å². The first-order chi connectivity index (χ1) is 7.43. The summed E-state index contributed by atoms with van der Waals surface area (Å²) in [4.78, 5) is 0. The Morgan fingerprint density at radius 1 is 1.13 bits per heavy atom. The van der Waals surface area contributed by atoms with E-state index in [1.165, 1.54) is 31.2 Å². The maximum Gasteiger partial charge on any atom is 0.0462 e. The van der Waals surface area contributed by atoms with Gasteiger partial charge in [-0.15, -0.1) is 0 Å². The lowest BCUT2D eigenvalue weighted by atomic mass is 10.1. The maximum atomic E-state index is 6.50. The zero-order valence-electron chi connectivity index (χ0n) is 9.39. The normalized spacial score (nSPS) is 9.53. The Bertz CT molecular complexity index is 272. The van der Waals surface area contributed by atoms with Crippen molar-refractivity contribution in [2.75, 3.05) is 0 Å². The summed E-state index contributed by atoms with van der Waals surface area (Å²) < 4.78 is 0. The zero-order valence-corrected chi connectivity index (χ0v) is 9.39. The molecule has 0 N–H and O–H groups in total. The number of hydrogen-bond acceptors (Lipinski definition) is 1. The Morgan fingerprint density at radius 3 is 2.40 bits per heavy atom. The Balaban J connectivity index is 0.000000921. The van der Waals surface area contributed by atoms with Crippen LogP contribution in [0.2, 0.25) is 0 Å². The van der Waals surface area contributed by atoms with Gasteiger partial charge in [0.25, 0.3) is 0 Å². The average molecular weight is 201 g/mol. The van der Waals surface area contributed by atoms with Gasteiger partial charge in [0.05, 0.1) is 0 Å². The van der Waals surface area contributed by atoms with Gasteiger partial charge in [-0.3, -0.25) is 0 Å². The minimum absolute atomic E-state index is 1.21. The lowest BCUT2D eigenvalue weighted by Crippen LogP contribution is -1.72. The first-order valence-corrected chi connectivity index (χ1v) is 5.41. The second-order valence-electron chi connectivity index (χ2n) is 3.31. The van der Waals surface area contributed by atoms with E-state index >= 15 is 0 Å². The monoisotopic (exact) mass is 201 g/mol. The summed E-state index contributed by atoms with van der Waals surface area (Å²) in [5.74, 6) is 0. The molecule has 0 aliphatic heterocycles. The van der Waals surface area contributed by atoms with Crippen molar-refractivity contribution >= 4 is 6.08 Å². The molecule has 0 unspecified atom stereocenters. The van der Waals surface area contributed by atoms with Gasteiger partial charge in [0.2, 0.25) is 0 Å². The first-order valence-electron chi connectivity index (χ1n) is 5.41. The summed E-state index contributed by atoms with van der Waals surface area (Å²) in [5, 5.41) is 6.50. The predicted octanol–water partition coefficient (Wildman–Crippen LogP) is 4.42. The molecule has 1 heteroatoms. The fourth-order valence-corrected chi connectivity index (χ4v) is 1.30. The number of nitriles is 1. The summed E-state index contributed by atoms with van der Waals surface area (Å²) in [6.45, 7) is 5.74. The molecule has 0 amide bonds. The van der Waals surface area contributed by atoms with Crippen molar-refractivity contribution in [1.82, 2.24) is 0 Å². The Morgan fingerprint density at radius 2 is 1.80 bits per heavy atom. The molecule has 0 saturated heterocycles. The molecule has 0 atom stereocenters. The molecule has 1 nitrogen and oxygen atoms in total. The van der Waals surface area contributed by atoms with E-state index in [-0.39, 0.29) is 0 Å². The van der Waals surface area contributed by atoms with Crippen molar-refractivity contribution in [1.29, 1.82) is 5.26 Å². The first kappa shape index (κ1) is 13.4. The van der Waals surface area contributed by atoms with E-state index in [0.29, 0.717) is 0 Å². The number of nitrogens with zero attached hydrogens (tertiary/aromatic N) is 1. The van der Waals surface area contributed by atoms with Crippen LogP contribution in [0.25, 0.3) is 6.08 Å². The van der Waals surface area contributed by atoms with Crippen molar-refractivity contribution in [3.8, 4) is 6.57 Å². The van der Waals surface area contributed by atoms with Gasteiger partial charge in [-0.25, -0.2) is 5.26 Å². The van der Waals surface area contributed by atoms with Crippen LogP contribution in [0, 0.1) is 11.8 Å². The van der Waals surface area contributed by atoms with E-state index in [1.807, 2.05) is 0 Å². The second kappa shape index (κ2) is 10.5. The molecule has 1 aromatic rings. The average Bonchev–Trinajstić information content (AvgIpc) is 2.33. The highest BCUT2D eigenvalue weighted by atomic mass is 14.2. The highest BCUT2D eigenvalue weighted by Gasteiger charge is 1.83. The van der Waals surface area contributed by atoms with Crippen LogP contribution in [0.3, 0.4) is 0 Å². The molecular weight excluding hydrogens is 182 g/mol. The molecule has 80 valence electrons. The van der Waals surface area contributed by atoms with Gasteiger partial charge in [0.15, 0.2) is 0 Å². The van der Waals surface area contributed by atoms with E-state index in [0.717, 1.165) is 0 Å². The predicted molar refractivity (Wildman–Crippen MR) is 66.3 cm³/mol. The third kappa shape index (κ3) is 7.52. The summed E-state index contributed by atoms with van der Waals surface area (Å²) >= 11 is 0. The van der Waals surface area contributed by atoms with Gasteiger partial charge < -0.3 is 0 Å². The Kier molecular flexibility index (Phi) is 9.44. The summed E-state index contributed by atoms with van der Waals surface area (Å²) in [6.07, 6.45) is 9.65. The SMILES string of the molecule is C#N.CCCCCC=Cc1ccccc1. The van der Waals surface area contributed by atoms with Gasteiger partial charge in [-0.05, 0) is 18.4 Å². The molecule has 0 radical (unpaired) electrons. The number of hydrogen-bond donors (Lipinski definition) is 0. The molecule has 0 aliphatic rings. The van der Waals surface area contributed by atoms with Gasteiger partial charge in [0, 0.05) is 6.57 Å². The maximum absolute atomic E-state index is 6.50. The van der Waals surface area contributed by atoms with E-state index in [4.69, 9.17) is 5.26 Å². The third-order valence-electron chi connectivity index (χ3n) is 2.08. The largest absolute Gasteiger partial charge is 0.202 e. The number of allylic oxidation sites excluding steroid dienone is 1. The van der Waals surface area contributed by atoms with Crippen LogP contribution in [0.1, 0.15) is 38.2 Å². The van der Waals surface area contributed by atoms with Gasteiger partial charge in [0.1, 0.15) is 0 Å². The lowest BCUT2D eigenvalue weighted by molar-refractivity contribution is 0.730. The van der Waals surface area contributed by atoms with Crippen LogP contribution < -0.4 is 0 Å². The molecule has 0 saturated carbocycles. The van der Waals surface area contributed by atoms with Crippen molar-refractivity contribution < 1.29 is 0 Å². The lowest BCUT2D eigenvalue weighted by Gasteiger charge is -1.92. The van der Waals surface area contributed by atoms with Crippen LogP contribution in [0.5, 0.6) is 0 Å². The minimum Gasteiger partial charge on any atom is -0.202 e. The molecule has 0 fully saturated rings. The summed E-state index contributed by atoms with van der Waals surface area (Å²) in [7, 11) is 0. The third-order valence-corrected chi connectivity index (χ3v) is 2.08. The molecule has 0 bridgehead atoms. The highest BCUT2D eigenvalue weighted by Crippen LogP contribution is 2.04. The van der Waals surface area contributed by atoms with E-state index in [1.54, 1.807) is 0 Å². The molecule has 0 spiro atoms. The van der Waals surface area contributed by atoms with Gasteiger partial charge >= 0.3 is 0 Å². The molecule has 0 aliphatic carbocycles. The summed E-state index contributed by atoms with van der Waals surface area (Å²) in [5.41, 5.74) is 1.30. The van der Waals surface area contributed by atoms with Crippen LogP contribution >= 0.6 is 0 Å².